The van der Waals surface area contributed by atoms with Gasteiger partial charge in [0.2, 0.25) is 0 Å². The van der Waals surface area contributed by atoms with Crippen LogP contribution in [0.25, 0.3) is 21.8 Å². The standard InChI is InChI=1S/C25H37N6O2/c1-4-5-9-30-18-22-21-7-6-20(17-23(21)27-25(26)24(22)28-30)29-10-12-31(3,13-11-29)14-16-33-15-8-19(2)32/h6-7,17-18H,4-5,8-16H2,1-3H3,(H2,26,27)/q+1. The number of ketones is 1. The summed E-state index contributed by atoms with van der Waals surface area (Å²) in [7, 11) is 2.29. The van der Waals surface area contributed by atoms with Gasteiger partial charge in [-0.05, 0) is 25.5 Å². The van der Waals surface area contributed by atoms with Gasteiger partial charge in [-0.25, -0.2) is 4.98 Å². The van der Waals surface area contributed by atoms with E-state index in [1.807, 2.05) is 4.68 Å². The highest BCUT2D eigenvalue weighted by molar-refractivity contribution is 6.08. The highest BCUT2D eigenvalue weighted by atomic mass is 16.5. The zero-order valence-electron chi connectivity index (χ0n) is 20.2. The van der Waals surface area contributed by atoms with Crippen LogP contribution in [0.3, 0.4) is 0 Å². The fourth-order valence-electron chi connectivity index (χ4n) is 4.49. The molecular weight excluding hydrogens is 416 g/mol. The van der Waals surface area contributed by atoms with Gasteiger partial charge in [0.1, 0.15) is 17.8 Å². The number of likely N-dealkylation sites (N-methyl/N-ethyl adjacent to an activating group) is 1. The van der Waals surface area contributed by atoms with E-state index in [0.717, 1.165) is 78.4 Å². The Bertz CT molecular complexity index is 1120. The number of rotatable bonds is 10. The summed E-state index contributed by atoms with van der Waals surface area (Å²) in [5.74, 6) is 0.680. The maximum atomic E-state index is 11.0. The van der Waals surface area contributed by atoms with Gasteiger partial charge in [0.15, 0.2) is 5.82 Å². The van der Waals surface area contributed by atoms with Crippen molar-refractivity contribution in [2.45, 2.75) is 39.7 Å². The second kappa shape index (κ2) is 10.1. The number of aromatic nitrogens is 3. The minimum absolute atomic E-state index is 0.182. The fourth-order valence-corrected chi connectivity index (χ4v) is 4.49. The molecule has 3 aromatic rings. The second-order valence-corrected chi connectivity index (χ2v) is 9.55. The number of unbranched alkanes of at least 4 members (excludes halogenated alkanes) is 1. The number of benzene rings is 1. The zero-order chi connectivity index (χ0) is 23.4. The summed E-state index contributed by atoms with van der Waals surface area (Å²) in [4.78, 5) is 18.2. The molecular formula is C25H37N6O2+. The molecule has 0 atom stereocenters. The summed E-state index contributed by atoms with van der Waals surface area (Å²) in [6.45, 7) is 11.0. The van der Waals surface area contributed by atoms with Crippen molar-refractivity contribution >= 4 is 39.1 Å². The van der Waals surface area contributed by atoms with Crippen LogP contribution in [0.5, 0.6) is 0 Å². The molecule has 0 spiro atoms. The number of piperazine rings is 1. The van der Waals surface area contributed by atoms with Crippen molar-refractivity contribution < 1.29 is 14.0 Å². The van der Waals surface area contributed by atoms with Crippen molar-refractivity contribution in [2.75, 3.05) is 63.6 Å². The van der Waals surface area contributed by atoms with Gasteiger partial charge in [0.05, 0.1) is 52.0 Å². The molecule has 3 heterocycles. The van der Waals surface area contributed by atoms with Crippen molar-refractivity contribution in [1.82, 2.24) is 14.8 Å². The van der Waals surface area contributed by atoms with Crippen molar-refractivity contribution in [3.05, 3.63) is 24.4 Å². The van der Waals surface area contributed by atoms with Crippen molar-refractivity contribution in [2.24, 2.45) is 0 Å². The molecule has 1 aliphatic rings. The molecule has 4 rings (SSSR count). The fraction of sp³-hybridized carbons (Fsp3) is 0.560. The number of nitrogens with two attached hydrogens (primary N) is 1. The van der Waals surface area contributed by atoms with Gasteiger partial charge in [-0.3, -0.25) is 9.48 Å². The van der Waals surface area contributed by atoms with E-state index in [4.69, 9.17) is 10.5 Å². The summed E-state index contributed by atoms with van der Waals surface area (Å²) in [5.41, 5.74) is 9.19. The highest BCUT2D eigenvalue weighted by Gasteiger charge is 2.28. The Balaban J connectivity index is 1.43. The second-order valence-electron chi connectivity index (χ2n) is 9.55. The van der Waals surface area contributed by atoms with Crippen LogP contribution in [0.1, 0.15) is 33.1 Å². The number of Topliss-reactive ketones (excluding diaryl/α,β-unsaturated/α-hetero) is 1. The SMILES string of the molecule is CCCCn1cc2c(n1)c(N)nc1cc(N3CC[N+](C)(CCOCCC(C)=O)CC3)ccc12. The quantitative estimate of drug-likeness (QED) is 0.375. The third-order valence-electron chi connectivity index (χ3n) is 6.82. The van der Waals surface area contributed by atoms with E-state index in [-0.39, 0.29) is 5.78 Å². The summed E-state index contributed by atoms with van der Waals surface area (Å²) in [6, 6.07) is 6.52. The number of pyridine rings is 1. The molecule has 8 heteroatoms. The lowest BCUT2D eigenvalue weighted by molar-refractivity contribution is -0.910. The lowest BCUT2D eigenvalue weighted by Crippen LogP contribution is -2.58. The molecule has 0 saturated carbocycles. The van der Waals surface area contributed by atoms with Crippen LogP contribution < -0.4 is 10.6 Å². The summed E-state index contributed by atoms with van der Waals surface area (Å²) in [6.07, 6.45) is 4.84. The first-order valence-corrected chi connectivity index (χ1v) is 12.1. The van der Waals surface area contributed by atoms with Crippen LogP contribution in [0, 0.1) is 0 Å². The van der Waals surface area contributed by atoms with E-state index < -0.39 is 0 Å². The monoisotopic (exact) mass is 453 g/mol. The van der Waals surface area contributed by atoms with E-state index >= 15 is 0 Å². The van der Waals surface area contributed by atoms with E-state index in [1.165, 1.54) is 5.69 Å². The molecule has 0 radical (unpaired) electrons. The summed E-state index contributed by atoms with van der Waals surface area (Å²) in [5, 5.41) is 6.84. The van der Waals surface area contributed by atoms with Crippen LogP contribution in [0.4, 0.5) is 11.5 Å². The Morgan fingerprint density at radius 1 is 1.21 bits per heavy atom. The summed E-state index contributed by atoms with van der Waals surface area (Å²) < 4.78 is 8.65. The average Bonchev–Trinajstić information content (AvgIpc) is 3.22. The number of carbonyl (C=O) groups is 1. The number of quaternary nitrogens is 1. The van der Waals surface area contributed by atoms with Gasteiger partial charge >= 0.3 is 0 Å². The Labute approximate surface area is 195 Å². The van der Waals surface area contributed by atoms with Crippen molar-refractivity contribution in [3.8, 4) is 0 Å². The van der Waals surface area contributed by atoms with Crippen LogP contribution in [0.2, 0.25) is 0 Å². The largest absolute Gasteiger partial charge is 0.382 e. The number of hydrogen-bond donors (Lipinski definition) is 1. The van der Waals surface area contributed by atoms with Gasteiger partial charge in [-0.15, -0.1) is 0 Å². The predicted octanol–water partition coefficient (Wildman–Crippen LogP) is 3.23. The molecule has 178 valence electrons. The number of carbonyl (C=O) groups excluding carboxylic acids is 1. The molecule has 1 aromatic carbocycles. The average molecular weight is 454 g/mol. The van der Waals surface area contributed by atoms with Crippen LogP contribution in [-0.2, 0) is 16.1 Å². The first-order chi connectivity index (χ1) is 15.9. The third kappa shape index (κ3) is 5.45. The number of aryl methyl sites for hydroxylation is 1. The Kier molecular flexibility index (Phi) is 7.14. The molecule has 0 unspecified atom stereocenters. The minimum atomic E-state index is 0.182. The first-order valence-electron chi connectivity index (χ1n) is 12.1. The molecule has 2 aromatic heterocycles. The van der Waals surface area contributed by atoms with Gasteiger partial charge in [0.25, 0.3) is 0 Å². The van der Waals surface area contributed by atoms with Gasteiger partial charge in [0, 0.05) is 35.6 Å². The first kappa shape index (κ1) is 23.4. The number of fused-ring (bicyclic) bond motifs is 3. The van der Waals surface area contributed by atoms with E-state index in [0.29, 0.717) is 25.5 Å². The molecule has 0 bridgehead atoms. The topological polar surface area (TPSA) is 86.3 Å². The maximum Gasteiger partial charge on any atom is 0.152 e. The summed E-state index contributed by atoms with van der Waals surface area (Å²) >= 11 is 0. The third-order valence-corrected chi connectivity index (χ3v) is 6.82. The Hall–Kier alpha value is -2.71. The molecule has 1 saturated heterocycles. The smallest absolute Gasteiger partial charge is 0.152 e. The predicted molar refractivity (Wildman–Crippen MR) is 133 cm³/mol. The molecule has 0 amide bonds. The molecule has 33 heavy (non-hydrogen) atoms. The molecule has 1 fully saturated rings. The van der Waals surface area contributed by atoms with E-state index in [2.05, 4.69) is 53.3 Å². The Morgan fingerprint density at radius 3 is 2.73 bits per heavy atom. The number of nitrogens with zero attached hydrogens (tertiary/aromatic N) is 5. The molecule has 1 aliphatic heterocycles. The van der Waals surface area contributed by atoms with E-state index in [9.17, 15) is 4.79 Å². The maximum absolute atomic E-state index is 11.0. The Morgan fingerprint density at radius 2 is 2.00 bits per heavy atom. The zero-order valence-corrected chi connectivity index (χ0v) is 20.2. The number of nitrogen functional groups attached to an aromatic ring is 1. The van der Waals surface area contributed by atoms with Crippen LogP contribution in [-0.4, -0.2) is 78.0 Å². The highest BCUT2D eigenvalue weighted by Crippen LogP contribution is 2.30. The van der Waals surface area contributed by atoms with Crippen LogP contribution >= 0.6 is 0 Å². The molecule has 8 nitrogen and oxygen atoms in total. The van der Waals surface area contributed by atoms with Gasteiger partial charge in [-0.2, -0.15) is 5.10 Å². The van der Waals surface area contributed by atoms with Crippen molar-refractivity contribution in [3.63, 3.8) is 0 Å². The number of anilines is 2. The lowest BCUT2D eigenvalue weighted by Gasteiger charge is -2.42. The van der Waals surface area contributed by atoms with Gasteiger partial charge < -0.3 is 19.9 Å². The van der Waals surface area contributed by atoms with E-state index in [1.54, 1.807) is 6.92 Å². The number of ether oxygens (including phenoxy) is 1. The van der Waals surface area contributed by atoms with Gasteiger partial charge in [-0.1, -0.05) is 19.4 Å². The lowest BCUT2D eigenvalue weighted by atomic mass is 10.1. The number of hydrogen-bond acceptors (Lipinski definition) is 6. The van der Waals surface area contributed by atoms with Crippen molar-refractivity contribution in [1.29, 1.82) is 0 Å². The van der Waals surface area contributed by atoms with Crippen LogP contribution in [0.15, 0.2) is 24.4 Å². The minimum Gasteiger partial charge on any atom is -0.382 e. The normalized spacial score (nSPS) is 16.0. The molecule has 2 N–H and O–H groups in total. The molecule has 0 aliphatic carbocycles.